The Bertz CT molecular complexity index is 506. The number of aryl methyl sites for hydroxylation is 1. The highest BCUT2D eigenvalue weighted by Gasteiger charge is 1.95. The summed E-state index contributed by atoms with van der Waals surface area (Å²) >= 11 is 0. The van der Waals surface area contributed by atoms with E-state index in [2.05, 4.69) is 10.3 Å². The second kappa shape index (κ2) is 4.45. The van der Waals surface area contributed by atoms with Crippen LogP contribution in [0.1, 0.15) is 11.3 Å². The van der Waals surface area contributed by atoms with Crippen molar-refractivity contribution in [2.75, 3.05) is 5.32 Å². The van der Waals surface area contributed by atoms with Gasteiger partial charge in [0, 0.05) is 5.69 Å². The Labute approximate surface area is 94.4 Å². The van der Waals surface area contributed by atoms with Crippen molar-refractivity contribution in [2.45, 2.75) is 6.92 Å². The van der Waals surface area contributed by atoms with Crippen LogP contribution in [-0.4, -0.2) is 4.98 Å². The Morgan fingerprint density at radius 2 is 1.75 bits per heavy atom. The lowest BCUT2D eigenvalue weighted by atomic mass is 10.2. The molecule has 1 aromatic carbocycles. The standard InChI is InChI=1S/C13H11N3/c1-10-2-4-11(5-3-10)16-13-7-6-12(8-14)15-9-13/h2-7,9,16H,1H3. The fourth-order valence-corrected chi connectivity index (χ4v) is 1.34. The molecule has 1 heterocycles. The third-order valence-electron chi connectivity index (χ3n) is 2.22. The van der Waals surface area contributed by atoms with Crippen LogP contribution in [0, 0.1) is 18.3 Å². The Balaban J connectivity index is 2.15. The van der Waals surface area contributed by atoms with Crippen molar-refractivity contribution in [3.63, 3.8) is 0 Å². The van der Waals surface area contributed by atoms with E-state index in [0.717, 1.165) is 11.4 Å². The van der Waals surface area contributed by atoms with Gasteiger partial charge in [-0.15, -0.1) is 0 Å². The molecule has 3 nitrogen and oxygen atoms in total. The number of nitriles is 1. The Morgan fingerprint density at radius 1 is 1.06 bits per heavy atom. The molecule has 78 valence electrons. The molecule has 2 rings (SSSR count). The van der Waals surface area contributed by atoms with Crippen LogP contribution < -0.4 is 5.32 Å². The Morgan fingerprint density at radius 3 is 2.31 bits per heavy atom. The first kappa shape index (κ1) is 10.2. The van der Waals surface area contributed by atoms with E-state index in [4.69, 9.17) is 5.26 Å². The SMILES string of the molecule is Cc1ccc(Nc2ccc(C#N)nc2)cc1. The molecule has 0 saturated carbocycles. The Hall–Kier alpha value is -2.34. The van der Waals surface area contributed by atoms with Crippen molar-refractivity contribution in [3.05, 3.63) is 53.9 Å². The van der Waals surface area contributed by atoms with Crippen LogP contribution in [0.5, 0.6) is 0 Å². The molecule has 1 aromatic heterocycles. The van der Waals surface area contributed by atoms with Crippen molar-refractivity contribution in [1.82, 2.24) is 4.98 Å². The molecule has 1 N–H and O–H groups in total. The molecule has 0 aliphatic carbocycles. The Kier molecular flexibility index (Phi) is 2.84. The van der Waals surface area contributed by atoms with Gasteiger partial charge in [-0.1, -0.05) is 17.7 Å². The number of anilines is 2. The van der Waals surface area contributed by atoms with E-state index in [1.165, 1.54) is 5.56 Å². The van der Waals surface area contributed by atoms with Gasteiger partial charge in [0.05, 0.1) is 11.9 Å². The van der Waals surface area contributed by atoms with E-state index in [-0.39, 0.29) is 0 Å². The van der Waals surface area contributed by atoms with E-state index in [9.17, 15) is 0 Å². The molecular weight excluding hydrogens is 198 g/mol. The summed E-state index contributed by atoms with van der Waals surface area (Å²) in [4.78, 5) is 3.99. The molecule has 0 fully saturated rings. The minimum atomic E-state index is 0.425. The first-order valence-electron chi connectivity index (χ1n) is 4.98. The topological polar surface area (TPSA) is 48.7 Å². The molecule has 0 radical (unpaired) electrons. The summed E-state index contributed by atoms with van der Waals surface area (Å²) in [5.41, 5.74) is 3.54. The third kappa shape index (κ3) is 2.37. The number of rotatable bonds is 2. The molecule has 0 aliphatic heterocycles. The highest BCUT2D eigenvalue weighted by Crippen LogP contribution is 2.15. The van der Waals surface area contributed by atoms with E-state index in [1.54, 1.807) is 12.3 Å². The maximum absolute atomic E-state index is 8.62. The van der Waals surface area contributed by atoms with Crippen LogP contribution in [-0.2, 0) is 0 Å². The number of hydrogen-bond acceptors (Lipinski definition) is 3. The lowest BCUT2D eigenvalue weighted by Gasteiger charge is -2.05. The van der Waals surface area contributed by atoms with E-state index < -0.39 is 0 Å². The van der Waals surface area contributed by atoms with Crippen LogP contribution >= 0.6 is 0 Å². The highest BCUT2D eigenvalue weighted by molar-refractivity contribution is 5.59. The van der Waals surface area contributed by atoms with Gasteiger partial charge in [0.15, 0.2) is 0 Å². The number of nitrogens with zero attached hydrogens (tertiary/aromatic N) is 2. The van der Waals surface area contributed by atoms with Crippen LogP contribution in [0.4, 0.5) is 11.4 Å². The molecule has 0 unspecified atom stereocenters. The van der Waals surface area contributed by atoms with Gasteiger partial charge < -0.3 is 5.32 Å². The van der Waals surface area contributed by atoms with Gasteiger partial charge in [-0.05, 0) is 31.2 Å². The number of pyridine rings is 1. The van der Waals surface area contributed by atoms with Crippen molar-refractivity contribution in [1.29, 1.82) is 5.26 Å². The average Bonchev–Trinajstić information content (AvgIpc) is 2.33. The molecule has 3 heteroatoms. The monoisotopic (exact) mass is 209 g/mol. The molecule has 0 amide bonds. The first-order valence-corrected chi connectivity index (χ1v) is 4.98. The largest absolute Gasteiger partial charge is 0.354 e. The van der Waals surface area contributed by atoms with Crippen LogP contribution in [0.3, 0.4) is 0 Å². The second-order valence-electron chi connectivity index (χ2n) is 3.53. The van der Waals surface area contributed by atoms with E-state index in [0.29, 0.717) is 5.69 Å². The first-order chi connectivity index (χ1) is 7.78. The maximum Gasteiger partial charge on any atom is 0.140 e. The van der Waals surface area contributed by atoms with Crippen molar-refractivity contribution in [3.8, 4) is 6.07 Å². The molecule has 0 aliphatic rings. The quantitative estimate of drug-likeness (QED) is 0.827. The predicted molar refractivity (Wildman–Crippen MR) is 63.4 cm³/mol. The van der Waals surface area contributed by atoms with Crippen LogP contribution in [0.2, 0.25) is 0 Å². The van der Waals surface area contributed by atoms with E-state index >= 15 is 0 Å². The highest BCUT2D eigenvalue weighted by atomic mass is 14.9. The zero-order valence-corrected chi connectivity index (χ0v) is 8.94. The van der Waals surface area contributed by atoms with Gasteiger partial charge in [-0.2, -0.15) is 5.26 Å². The molecule has 0 bridgehead atoms. The zero-order valence-electron chi connectivity index (χ0n) is 8.94. The van der Waals surface area contributed by atoms with Crippen LogP contribution in [0.15, 0.2) is 42.6 Å². The molecule has 0 spiro atoms. The molecular formula is C13H11N3. The zero-order chi connectivity index (χ0) is 11.4. The number of hydrogen-bond donors (Lipinski definition) is 1. The van der Waals surface area contributed by atoms with Crippen molar-refractivity contribution >= 4 is 11.4 Å². The molecule has 16 heavy (non-hydrogen) atoms. The minimum Gasteiger partial charge on any atom is -0.354 e. The smallest absolute Gasteiger partial charge is 0.140 e. The lowest BCUT2D eigenvalue weighted by Crippen LogP contribution is -1.91. The van der Waals surface area contributed by atoms with Gasteiger partial charge >= 0.3 is 0 Å². The average molecular weight is 209 g/mol. The molecule has 0 saturated heterocycles. The van der Waals surface area contributed by atoms with Gasteiger partial charge in [-0.3, -0.25) is 0 Å². The van der Waals surface area contributed by atoms with Crippen LogP contribution in [0.25, 0.3) is 0 Å². The van der Waals surface area contributed by atoms with Gasteiger partial charge in [0.2, 0.25) is 0 Å². The van der Waals surface area contributed by atoms with Gasteiger partial charge in [0.25, 0.3) is 0 Å². The van der Waals surface area contributed by atoms with Gasteiger partial charge in [0.1, 0.15) is 11.8 Å². The normalized spacial score (nSPS) is 9.50. The lowest BCUT2D eigenvalue weighted by molar-refractivity contribution is 1.26. The fourth-order valence-electron chi connectivity index (χ4n) is 1.34. The summed E-state index contributed by atoms with van der Waals surface area (Å²) in [6, 6.07) is 13.6. The van der Waals surface area contributed by atoms with Crippen molar-refractivity contribution < 1.29 is 0 Å². The molecule has 2 aromatic rings. The van der Waals surface area contributed by atoms with Gasteiger partial charge in [-0.25, -0.2) is 4.98 Å². The minimum absolute atomic E-state index is 0.425. The number of benzene rings is 1. The summed E-state index contributed by atoms with van der Waals surface area (Å²) < 4.78 is 0. The summed E-state index contributed by atoms with van der Waals surface area (Å²) in [6.07, 6.45) is 1.65. The summed E-state index contributed by atoms with van der Waals surface area (Å²) in [5.74, 6) is 0. The third-order valence-corrected chi connectivity index (χ3v) is 2.22. The second-order valence-corrected chi connectivity index (χ2v) is 3.53. The molecule has 0 atom stereocenters. The fraction of sp³-hybridized carbons (Fsp3) is 0.0769. The predicted octanol–water partition coefficient (Wildman–Crippen LogP) is 3.01. The summed E-state index contributed by atoms with van der Waals surface area (Å²) in [6.45, 7) is 2.05. The summed E-state index contributed by atoms with van der Waals surface area (Å²) in [7, 11) is 0. The number of nitrogens with one attached hydrogen (secondary N) is 1. The number of aromatic nitrogens is 1. The summed E-state index contributed by atoms with van der Waals surface area (Å²) in [5, 5.41) is 11.8. The van der Waals surface area contributed by atoms with Crippen molar-refractivity contribution in [2.24, 2.45) is 0 Å². The maximum atomic E-state index is 8.62. The van der Waals surface area contributed by atoms with E-state index in [1.807, 2.05) is 43.3 Å².